The minimum absolute atomic E-state index is 0.434. The number of halogens is 1. The maximum Gasteiger partial charge on any atom is 0.122 e. The van der Waals surface area contributed by atoms with Crippen LogP contribution in [0.3, 0.4) is 0 Å². The highest BCUT2D eigenvalue weighted by atomic mass is 19.1. The van der Waals surface area contributed by atoms with Gasteiger partial charge in [-0.2, -0.15) is 0 Å². The standard InChI is InChI=1S/C13H18FN/c1-9-5-6-11(10(2)14)8-12(9)13-4-3-7-15-13/h5-6,8,10,13,15H,3-4,7H2,1-2H3. The molecule has 1 aliphatic rings. The van der Waals surface area contributed by atoms with E-state index in [-0.39, 0.29) is 0 Å². The van der Waals surface area contributed by atoms with Gasteiger partial charge in [-0.05, 0) is 49.9 Å². The third kappa shape index (κ3) is 2.20. The Labute approximate surface area is 90.7 Å². The van der Waals surface area contributed by atoms with Crippen LogP contribution in [0, 0.1) is 6.92 Å². The third-order valence-corrected chi connectivity index (χ3v) is 3.20. The highest BCUT2D eigenvalue weighted by Crippen LogP contribution is 2.28. The van der Waals surface area contributed by atoms with Crippen molar-refractivity contribution in [2.24, 2.45) is 0 Å². The van der Waals surface area contributed by atoms with Gasteiger partial charge >= 0.3 is 0 Å². The lowest BCUT2D eigenvalue weighted by Crippen LogP contribution is -2.14. The number of hydrogen-bond acceptors (Lipinski definition) is 1. The first kappa shape index (κ1) is 10.6. The Balaban J connectivity index is 2.31. The van der Waals surface area contributed by atoms with Gasteiger partial charge in [-0.3, -0.25) is 0 Å². The van der Waals surface area contributed by atoms with Gasteiger partial charge in [0, 0.05) is 6.04 Å². The van der Waals surface area contributed by atoms with Crippen molar-refractivity contribution in [1.82, 2.24) is 5.32 Å². The first-order valence-electron chi connectivity index (χ1n) is 5.66. The van der Waals surface area contributed by atoms with Crippen LogP contribution in [0.1, 0.15) is 48.7 Å². The lowest BCUT2D eigenvalue weighted by atomic mass is 9.96. The highest BCUT2D eigenvalue weighted by molar-refractivity contribution is 5.34. The number of alkyl halides is 1. The van der Waals surface area contributed by atoms with Crippen LogP contribution in [0.25, 0.3) is 0 Å². The largest absolute Gasteiger partial charge is 0.310 e. The van der Waals surface area contributed by atoms with E-state index < -0.39 is 6.17 Å². The summed E-state index contributed by atoms with van der Waals surface area (Å²) in [5, 5.41) is 3.46. The fourth-order valence-electron chi connectivity index (χ4n) is 2.23. The van der Waals surface area contributed by atoms with Crippen molar-refractivity contribution in [3.8, 4) is 0 Å². The average Bonchev–Trinajstić information content (AvgIpc) is 2.71. The summed E-state index contributed by atoms with van der Waals surface area (Å²) >= 11 is 0. The van der Waals surface area contributed by atoms with Gasteiger partial charge in [-0.25, -0.2) is 4.39 Å². The summed E-state index contributed by atoms with van der Waals surface area (Å²) in [7, 11) is 0. The first-order valence-corrected chi connectivity index (χ1v) is 5.66. The molecule has 2 rings (SSSR count). The van der Waals surface area contributed by atoms with E-state index in [2.05, 4.69) is 12.2 Å². The molecule has 0 aromatic heterocycles. The number of nitrogens with one attached hydrogen (secondary N) is 1. The first-order chi connectivity index (χ1) is 7.18. The van der Waals surface area contributed by atoms with Crippen LogP contribution in [0.4, 0.5) is 4.39 Å². The fraction of sp³-hybridized carbons (Fsp3) is 0.538. The smallest absolute Gasteiger partial charge is 0.122 e. The number of hydrogen-bond donors (Lipinski definition) is 1. The van der Waals surface area contributed by atoms with E-state index in [1.54, 1.807) is 6.92 Å². The molecule has 2 unspecified atom stereocenters. The summed E-state index contributed by atoms with van der Waals surface area (Å²) in [4.78, 5) is 0. The molecule has 0 bridgehead atoms. The lowest BCUT2D eigenvalue weighted by Gasteiger charge is -2.15. The molecule has 15 heavy (non-hydrogen) atoms. The molecule has 1 fully saturated rings. The summed E-state index contributed by atoms with van der Waals surface area (Å²) in [6.45, 7) is 4.78. The van der Waals surface area contributed by atoms with Crippen LogP contribution >= 0.6 is 0 Å². The van der Waals surface area contributed by atoms with Crippen molar-refractivity contribution in [2.45, 2.75) is 38.9 Å². The second-order valence-electron chi connectivity index (χ2n) is 4.38. The van der Waals surface area contributed by atoms with Gasteiger partial charge in [0.15, 0.2) is 0 Å². The molecular weight excluding hydrogens is 189 g/mol. The maximum atomic E-state index is 13.2. The molecule has 1 aromatic carbocycles. The predicted molar refractivity (Wildman–Crippen MR) is 60.7 cm³/mol. The van der Waals surface area contributed by atoms with Crippen LogP contribution in [0.5, 0.6) is 0 Å². The predicted octanol–water partition coefficient (Wildman–Crippen LogP) is 3.45. The summed E-state index contributed by atoms with van der Waals surface area (Å²) in [5.74, 6) is 0. The van der Waals surface area contributed by atoms with E-state index in [0.717, 1.165) is 12.1 Å². The Hall–Kier alpha value is -0.890. The van der Waals surface area contributed by atoms with Crippen molar-refractivity contribution in [2.75, 3.05) is 6.54 Å². The van der Waals surface area contributed by atoms with Crippen molar-refractivity contribution < 1.29 is 4.39 Å². The second kappa shape index (κ2) is 4.31. The minimum atomic E-state index is -0.870. The summed E-state index contributed by atoms with van der Waals surface area (Å²) in [6.07, 6.45) is 1.52. The summed E-state index contributed by atoms with van der Waals surface area (Å²) < 4.78 is 13.2. The molecule has 1 heterocycles. The lowest BCUT2D eigenvalue weighted by molar-refractivity contribution is 0.373. The highest BCUT2D eigenvalue weighted by Gasteiger charge is 2.18. The van der Waals surface area contributed by atoms with Gasteiger partial charge in [-0.15, -0.1) is 0 Å². The van der Waals surface area contributed by atoms with Crippen molar-refractivity contribution in [1.29, 1.82) is 0 Å². The van der Waals surface area contributed by atoms with Crippen molar-refractivity contribution >= 4 is 0 Å². The zero-order valence-corrected chi connectivity index (χ0v) is 9.39. The van der Waals surface area contributed by atoms with E-state index >= 15 is 0 Å². The second-order valence-corrected chi connectivity index (χ2v) is 4.38. The molecule has 1 aliphatic heterocycles. The molecule has 0 amide bonds. The Bertz CT molecular complexity index is 340. The molecule has 0 saturated carbocycles. The molecule has 1 N–H and O–H groups in total. The number of rotatable bonds is 2. The molecular formula is C13H18FN. The monoisotopic (exact) mass is 207 g/mol. The Morgan fingerprint density at radius 1 is 1.47 bits per heavy atom. The van der Waals surface area contributed by atoms with Crippen LogP contribution in [-0.4, -0.2) is 6.54 Å². The zero-order valence-electron chi connectivity index (χ0n) is 9.39. The molecule has 2 atom stereocenters. The molecule has 0 radical (unpaired) electrons. The molecule has 1 nitrogen and oxygen atoms in total. The van der Waals surface area contributed by atoms with E-state index in [0.29, 0.717) is 6.04 Å². The van der Waals surface area contributed by atoms with Crippen LogP contribution in [0.2, 0.25) is 0 Å². The summed E-state index contributed by atoms with van der Waals surface area (Å²) in [5.41, 5.74) is 3.33. The summed E-state index contributed by atoms with van der Waals surface area (Å²) in [6, 6.07) is 6.37. The van der Waals surface area contributed by atoms with Crippen LogP contribution < -0.4 is 5.32 Å². The molecule has 82 valence electrons. The van der Waals surface area contributed by atoms with Gasteiger partial charge in [0.05, 0.1) is 0 Å². The Morgan fingerprint density at radius 3 is 2.87 bits per heavy atom. The molecule has 0 aliphatic carbocycles. The van der Waals surface area contributed by atoms with Gasteiger partial charge in [0.1, 0.15) is 6.17 Å². The Kier molecular flexibility index (Phi) is 3.06. The van der Waals surface area contributed by atoms with Gasteiger partial charge in [-0.1, -0.05) is 18.2 Å². The van der Waals surface area contributed by atoms with Crippen LogP contribution in [-0.2, 0) is 0 Å². The SMILES string of the molecule is Cc1ccc(C(C)F)cc1C1CCCN1. The van der Waals surface area contributed by atoms with E-state index in [4.69, 9.17) is 0 Å². The molecule has 1 saturated heterocycles. The zero-order chi connectivity index (χ0) is 10.8. The molecule has 0 spiro atoms. The quantitative estimate of drug-likeness (QED) is 0.783. The van der Waals surface area contributed by atoms with Crippen molar-refractivity contribution in [3.05, 3.63) is 34.9 Å². The topological polar surface area (TPSA) is 12.0 Å². The average molecular weight is 207 g/mol. The Morgan fingerprint density at radius 2 is 2.27 bits per heavy atom. The van der Waals surface area contributed by atoms with Crippen LogP contribution in [0.15, 0.2) is 18.2 Å². The fourth-order valence-corrected chi connectivity index (χ4v) is 2.23. The van der Waals surface area contributed by atoms with E-state index in [1.807, 2.05) is 18.2 Å². The van der Waals surface area contributed by atoms with Gasteiger partial charge in [0.25, 0.3) is 0 Å². The normalized spacial score (nSPS) is 23.0. The minimum Gasteiger partial charge on any atom is -0.310 e. The van der Waals surface area contributed by atoms with Gasteiger partial charge < -0.3 is 5.32 Å². The number of aryl methyl sites for hydroxylation is 1. The molecule has 1 aromatic rings. The number of benzene rings is 1. The van der Waals surface area contributed by atoms with E-state index in [9.17, 15) is 4.39 Å². The maximum absolute atomic E-state index is 13.2. The van der Waals surface area contributed by atoms with Gasteiger partial charge in [0.2, 0.25) is 0 Å². The van der Waals surface area contributed by atoms with E-state index in [1.165, 1.54) is 24.0 Å². The third-order valence-electron chi connectivity index (χ3n) is 3.20. The van der Waals surface area contributed by atoms with Crippen molar-refractivity contribution in [3.63, 3.8) is 0 Å². The molecule has 2 heteroatoms.